The lowest BCUT2D eigenvalue weighted by atomic mass is 10.1. The Morgan fingerprint density at radius 3 is 2.95 bits per heavy atom. The van der Waals surface area contributed by atoms with E-state index >= 15 is 0 Å². The number of aryl methyl sites for hydroxylation is 1. The number of hydrogen-bond acceptors (Lipinski definition) is 6. The molecular formula is C14H18N6S. The van der Waals surface area contributed by atoms with Crippen molar-refractivity contribution in [3.63, 3.8) is 0 Å². The molecule has 0 aliphatic carbocycles. The minimum atomic E-state index is 0.304. The first-order chi connectivity index (χ1) is 10.2. The van der Waals surface area contributed by atoms with Crippen LogP contribution in [-0.2, 0) is 7.05 Å². The summed E-state index contributed by atoms with van der Waals surface area (Å²) in [6.45, 7) is 0.782. The van der Waals surface area contributed by atoms with Crippen LogP contribution in [0.4, 0.5) is 5.82 Å². The average molecular weight is 302 g/mol. The second-order valence-electron chi connectivity index (χ2n) is 5.14. The van der Waals surface area contributed by atoms with E-state index < -0.39 is 0 Å². The first kappa shape index (κ1) is 14.0. The van der Waals surface area contributed by atoms with Crippen molar-refractivity contribution in [2.24, 2.45) is 7.05 Å². The Morgan fingerprint density at radius 2 is 2.24 bits per heavy atom. The Hall–Kier alpha value is -1.99. The Morgan fingerprint density at radius 1 is 1.38 bits per heavy atom. The SMILES string of the molecule is CN(C)C(CNc1ncnc2c1cnn2C)c1ccsc1. The van der Waals surface area contributed by atoms with Crippen molar-refractivity contribution in [1.29, 1.82) is 0 Å². The van der Waals surface area contributed by atoms with Crippen LogP contribution >= 0.6 is 11.3 Å². The summed E-state index contributed by atoms with van der Waals surface area (Å²) in [5.41, 5.74) is 2.15. The van der Waals surface area contributed by atoms with Gasteiger partial charge in [-0.05, 0) is 36.5 Å². The van der Waals surface area contributed by atoms with Crippen molar-refractivity contribution in [3.05, 3.63) is 34.9 Å². The third-order valence-corrected chi connectivity index (χ3v) is 4.25. The molecule has 0 bridgehead atoms. The van der Waals surface area contributed by atoms with Crippen molar-refractivity contribution < 1.29 is 0 Å². The predicted molar refractivity (Wildman–Crippen MR) is 85.5 cm³/mol. The lowest BCUT2D eigenvalue weighted by molar-refractivity contribution is 0.312. The summed E-state index contributed by atoms with van der Waals surface area (Å²) in [4.78, 5) is 10.8. The number of anilines is 1. The van der Waals surface area contributed by atoms with Crippen LogP contribution in [0, 0.1) is 0 Å². The number of nitrogens with zero attached hydrogens (tertiary/aromatic N) is 5. The standard InChI is InChI=1S/C14H18N6S/c1-19(2)12(10-4-5-21-8-10)7-15-13-11-6-18-20(3)14(11)17-9-16-13/h4-6,8-9,12H,7H2,1-3H3,(H,15,16,17). The molecule has 21 heavy (non-hydrogen) atoms. The zero-order valence-electron chi connectivity index (χ0n) is 12.3. The van der Waals surface area contributed by atoms with E-state index in [1.165, 1.54) is 5.56 Å². The fraction of sp³-hybridized carbons (Fsp3) is 0.357. The monoisotopic (exact) mass is 302 g/mol. The van der Waals surface area contributed by atoms with Crippen LogP contribution in [0.2, 0.25) is 0 Å². The molecule has 0 spiro atoms. The van der Waals surface area contributed by atoms with Crippen molar-refractivity contribution in [3.8, 4) is 0 Å². The van der Waals surface area contributed by atoms with Gasteiger partial charge in [-0.2, -0.15) is 16.4 Å². The summed E-state index contributed by atoms with van der Waals surface area (Å²) in [6.07, 6.45) is 3.37. The summed E-state index contributed by atoms with van der Waals surface area (Å²) in [6, 6.07) is 2.47. The van der Waals surface area contributed by atoms with Gasteiger partial charge in [-0.25, -0.2) is 9.97 Å². The highest BCUT2D eigenvalue weighted by molar-refractivity contribution is 7.07. The summed E-state index contributed by atoms with van der Waals surface area (Å²) in [5.74, 6) is 0.829. The van der Waals surface area contributed by atoms with E-state index in [0.717, 1.165) is 23.4 Å². The van der Waals surface area contributed by atoms with Crippen LogP contribution in [0.5, 0.6) is 0 Å². The number of likely N-dealkylation sites (N-methyl/N-ethyl adjacent to an activating group) is 1. The van der Waals surface area contributed by atoms with Gasteiger partial charge in [0.2, 0.25) is 0 Å². The fourth-order valence-corrected chi connectivity index (χ4v) is 3.07. The number of rotatable bonds is 5. The van der Waals surface area contributed by atoms with Crippen molar-refractivity contribution >= 4 is 28.2 Å². The van der Waals surface area contributed by atoms with Gasteiger partial charge in [-0.1, -0.05) is 0 Å². The van der Waals surface area contributed by atoms with E-state index in [4.69, 9.17) is 0 Å². The highest BCUT2D eigenvalue weighted by Crippen LogP contribution is 2.23. The predicted octanol–water partition coefficient (Wildman–Crippen LogP) is 2.14. The van der Waals surface area contributed by atoms with E-state index in [1.54, 1.807) is 28.5 Å². The maximum absolute atomic E-state index is 4.34. The smallest absolute Gasteiger partial charge is 0.163 e. The zero-order chi connectivity index (χ0) is 14.8. The highest BCUT2D eigenvalue weighted by Gasteiger charge is 2.15. The molecule has 1 N–H and O–H groups in total. The molecule has 0 aromatic carbocycles. The molecule has 110 valence electrons. The highest BCUT2D eigenvalue weighted by atomic mass is 32.1. The van der Waals surface area contributed by atoms with Gasteiger partial charge in [0.05, 0.1) is 17.6 Å². The summed E-state index contributed by atoms with van der Waals surface area (Å²) >= 11 is 1.72. The largest absolute Gasteiger partial charge is 0.367 e. The van der Waals surface area contributed by atoms with Gasteiger partial charge in [0.1, 0.15) is 12.1 Å². The van der Waals surface area contributed by atoms with E-state index in [-0.39, 0.29) is 0 Å². The van der Waals surface area contributed by atoms with E-state index in [0.29, 0.717) is 6.04 Å². The van der Waals surface area contributed by atoms with Crippen LogP contribution in [0.3, 0.4) is 0 Å². The molecule has 0 amide bonds. The third kappa shape index (κ3) is 2.74. The third-order valence-electron chi connectivity index (χ3n) is 3.54. The quantitative estimate of drug-likeness (QED) is 0.782. The first-order valence-electron chi connectivity index (χ1n) is 6.72. The van der Waals surface area contributed by atoms with Gasteiger partial charge in [0.25, 0.3) is 0 Å². The van der Waals surface area contributed by atoms with Gasteiger partial charge in [-0.3, -0.25) is 4.68 Å². The topological polar surface area (TPSA) is 58.9 Å². The Balaban J connectivity index is 1.82. The molecule has 1 unspecified atom stereocenters. The van der Waals surface area contributed by atoms with Gasteiger partial charge < -0.3 is 10.2 Å². The van der Waals surface area contributed by atoms with Crippen LogP contribution in [0.15, 0.2) is 29.4 Å². The molecule has 7 heteroatoms. The van der Waals surface area contributed by atoms with E-state index in [2.05, 4.69) is 56.2 Å². The number of nitrogens with one attached hydrogen (secondary N) is 1. The summed E-state index contributed by atoms with van der Waals surface area (Å²) in [5, 5.41) is 12.9. The molecule has 0 radical (unpaired) electrons. The molecule has 0 aliphatic rings. The molecule has 1 atom stereocenters. The number of thiophene rings is 1. The molecule has 3 heterocycles. The molecule has 3 aromatic rings. The van der Waals surface area contributed by atoms with E-state index in [9.17, 15) is 0 Å². The van der Waals surface area contributed by atoms with Crippen LogP contribution in [0.25, 0.3) is 11.0 Å². The molecule has 0 fully saturated rings. The van der Waals surface area contributed by atoms with Crippen LogP contribution in [0.1, 0.15) is 11.6 Å². The summed E-state index contributed by atoms with van der Waals surface area (Å²) in [7, 11) is 6.06. The molecule has 6 nitrogen and oxygen atoms in total. The average Bonchev–Trinajstić information content (AvgIpc) is 3.10. The van der Waals surface area contributed by atoms with Gasteiger partial charge >= 0.3 is 0 Å². The Labute approximate surface area is 127 Å². The second kappa shape index (κ2) is 5.79. The number of hydrogen-bond donors (Lipinski definition) is 1. The first-order valence-corrected chi connectivity index (χ1v) is 7.66. The molecular weight excluding hydrogens is 284 g/mol. The second-order valence-corrected chi connectivity index (χ2v) is 5.92. The Bertz CT molecular complexity index is 718. The molecule has 0 aliphatic heterocycles. The van der Waals surface area contributed by atoms with Gasteiger partial charge in [-0.15, -0.1) is 0 Å². The van der Waals surface area contributed by atoms with Gasteiger partial charge in [0, 0.05) is 13.6 Å². The number of fused-ring (bicyclic) bond motifs is 1. The van der Waals surface area contributed by atoms with Crippen molar-refractivity contribution in [1.82, 2.24) is 24.6 Å². The van der Waals surface area contributed by atoms with Crippen molar-refractivity contribution in [2.75, 3.05) is 26.0 Å². The lowest BCUT2D eigenvalue weighted by Crippen LogP contribution is -2.26. The molecule has 3 aromatic heterocycles. The maximum atomic E-state index is 4.34. The summed E-state index contributed by atoms with van der Waals surface area (Å²) < 4.78 is 1.75. The molecule has 3 rings (SSSR count). The molecule has 0 saturated carbocycles. The fourth-order valence-electron chi connectivity index (χ4n) is 2.36. The molecule has 0 saturated heterocycles. The Kier molecular flexibility index (Phi) is 3.85. The van der Waals surface area contributed by atoms with E-state index in [1.807, 2.05) is 7.05 Å². The van der Waals surface area contributed by atoms with Crippen molar-refractivity contribution in [2.45, 2.75) is 6.04 Å². The van der Waals surface area contributed by atoms with Crippen LogP contribution < -0.4 is 5.32 Å². The minimum Gasteiger partial charge on any atom is -0.367 e. The van der Waals surface area contributed by atoms with Crippen LogP contribution in [-0.4, -0.2) is 45.3 Å². The zero-order valence-corrected chi connectivity index (χ0v) is 13.1. The minimum absolute atomic E-state index is 0.304. The normalized spacial score (nSPS) is 13.0. The number of aromatic nitrogens is 4. The van der Waals surface area contributed by atoms with Gasteiger partial charge in [0.15, 0.2) is 5.65 Å². The lowest BCUT2D eigenvalue weighted by Gasteiger charge is -2.24. The maximum Gasteiger partial charge on any atom is 0.163 e.